The summed E-state index contributed by atoms with van der Waals surface area (Å²) in [7, 11) is 0. The highest BCUT2D eigenvalue weighted by Crippen LogP contribution is 2.32. The zero-order valence-electron chi connectivity index (χ0n) is 15.5. The maximum absolute atomic E-state index is 11.9. The van der Waals surface area contributed by atoms with Crippen LogP contribution in [-0.2, 0) is 9.59 Å². The second kappa shape index (κ2) is 11.6. The largest absolute Gasteiger partial charge is 0.506 e. The van der Waals surface area contributed by atoms with Gasteiger partial charge in [0.05, 0.1) is 20.8 Å². The van der Waals surface area contributed by atoms with Crippen LogP contribution in [0.15, 0.2) is 50.4 Å². The number of carbonyl (C=O) groups excluding carboxylic acids is 2. The van der Waals surface area contributed by atoms with Crippen molar-refractivity contribution in [1.29, 1.82) is 0 Å². The first-order valence-electron chi connectivity index (χ1n) is 8.94. The van der Waals surface area contributed by atoms with Crippen LogP contribution in [0.5, 0.6) is 11.5 Å². The molecule has 0 saturated heterocycles. The number of rotatable bonds is 9. The van der Waals surface area contributed by atoms with E-state index in [-0.39, 0.29) is 23.3 Å². The predicted octanol–water partition coefficient (Wildman–Crippen LogP) is 4.66. The van der Waals surface area contributed by atoms with Gasteiger partial charge in [0.15, 0.2) is 0 Å². The van der Waals surface area contributed by atoms with Gasteiger partial charge in [0.25, 0.3) is 0 Å². The van der Waals surface area contributed by atoms with E-state index in [1.165, 1.54) is 12.3 Å². The molecule has 0 radical (unpaired) electrons. The molecular formula is C20H21Br2N3O4. The normalized spacial score (nSPS) is 10.8. The molecule has 0 bridgehead atoms. The summed E-state index contributed by atoms with van der Waals surface area (Å²) in [6.07, 6.45) is 4.12. The number of carbonyl (C=O) groups is 2. The minimum atomic E-state index is -0.211. The van der Waals surface area contributed by atoms with E-state index in [4.69, 9.17) is 0 Å². The number of phenols is 2. The molecule has 4 N–H and O–H groups in total. The van der Waals surface area contributed by atoms with Gasteiger partial charge in [-0.15, -0.1) is 0 Å². The van der Waals surface area contributed by atoms with Crippen LogP contribution >= 0.6 is 31.9 Å². The minimum Gasteiger partial charge on any atom is -0.506 e. The van der Waals surface area contributed by atoms with Crippen LogP contribution in [0.4, 0.5) is 5.69 Å². The van der Waals surface area contributed by atoms with Gasteiger partial charge in [-0.05, 0) is 74.5 Å². The highest BCUT2D eigenvalue weighted by molar-refractivity contribution is 9.11. The summed E-state index contributed by atoms with van der Waals surface area (Å²) in [6, 6.07) is 9.91. The van der Waals surface area contributed by atoms with Gasteiger partial charge in [0.2, 0.25) is 11.8 Å². The van der Waals surface area contributed by atoms with Crippen LogP contribution in [0, 0.1) is 0 Å². The number of nitrogens with zero attached hydrogens (tertiary/aromatic N) is 1. The van der Waals surface area contributed by atoms with Gasteiger partial charge in [0.1, 0.15) is 11.5 Å². The number of nitrogens with one attached hydrogen (secondary N) is 2. The first-order valence-corrected chi connectivity index (χ1v) is 10.5. The fourth-order valence-corrected chi connectivity index (χ4v) is 3.66. The van der Waals surface area contributed by atoms with E-state index in [0.717, 1.165) is 6.42 Å². The summed E-state index contributed by atoms with van der Waals surface area (Å²) in [5, 5.41) is 25.8. The molecular weight excluding hydrogens is 506 g/mol. The van der Waals surface area contributed by atoms with Crippen molar-refractivity contribution < 1.29 is 19.8 Å². The zero-order chi connectivity index (χ0) is 21.2. The lowest BCUT2D eigenvalue weighted by molar-refractivity contribution is -0.121. The number of anilines is 1. The van der Waals surface area contributed by atoms with Gasteiger partial charge in [-0.2, -0.15) is 5.10 Å². The Morgan fingerprint density at radius 3 is 2.24 bits per heavy atom. The van der Waals surface area contributed by atoms with E-state index >= 15 is 0 Å². The second-order valence-electron chi connectivity index (χ2n) is 6.25. The molecule has 7 nitrogen and oxygen atoms in total. The fourth-order valence-electron chi connectivity index (χ4n) is 2.43. The second-order valence-corrected chi connectivity index (χ2v) is 7.96. The first-order chi connectivity index (χ1) is 13.9. The lowest BCUT2D eigenvalue weighted by Crippen LogP contribution is -2.17. The Hall–Kier alpha value is -2.39. The number of aromatic hydroxyl groups is 2. The van der Waals surface area contributed by atoms with Crippen LogP contribution in [0.2, 0.25) is 0 Å². The average molecular weight is 527 g/mol. The topological polar surface area (TPSA) is 111 Å². The summed E-state index contributed by atoms with van der Waals surface area (Å²) in [4.78, 5) is 23.7. The molecule has 154 valence electrons. The molecule has 0 aliphatic heterocycles. The standard InChI is InChI=1S/C20H21Br2N3O4/c21-14-10-13(11-15(22)20(14)29)12-23-25-19(28)9-3-1-2-8-18(27)24-16-6-4-5-7-17(16)26/h4-7,10-12,26,29H,1-3,8-9H2,(H,24,27)(H,25,28)/b23-12+. The number of unbranched alkanes of at least 4 members (excludes halogenated alkanes) is 2. The molecule has 0 fully saturated rings. The molecule has 2 rings (SSSR count). The Labute approximate surface area is 185 Å². The summed E-state index contributed by atoms with van der Waals surface area (Å²) >= 11 is 6.46. The van der Waals surface area contributed by atoms with Crippen molar-refractivity contribution in [3.63, 3.8) is 0 Å². The van der Waals surface area contributed by atoms with Crippen molar-refractivity contribution in [2.45, 2.75) is 32.1 Å². The van der Waals surface area contributed by atoms with E-state index in [0.29, 0.717) is 45.9 Å². The van der Waals surface area contributed by atoms with E-state index < -0.39 is 0 Å². The number of halogens is 2. The summed E-state index contributed by atoms with van der Waals surface area (Å²) in [6.45, 7) is 0. The van der Waals surface area contributed by atoms with Crippen LogP contribution < -0.4 is 10.7 Å². The van der Waals surface area contributed by atoms with Crippen molar-refractivity contribution in [2.75, 3.05) is 5.32 Å². The lowest BCUT2D eigenvalue weighted by Gasteiger charge is -2.06. The average Bonchev–Trinajstić information content (AvgIpc) is 2.67. The third-order valence-electron chi connectivity index (χ3n) is 3.93. The molecule has 0 unspecified atom stereocenters. The molecule has 29 heavy (non-hydrogen) atoms. The third kappa shape index (κ3) is 7.86. The predicted molar refractivity (Wildman–Crippen MR) is 119 cm³/mol. The highest BCUT2D eigenvalue weighted by Gasteiger charge is 2.07. The monoisotopic (exact) mass is 525 g/mol. The Morgan fingerprint density at radius 1 is 0.966 bits per heavy atom. The van der Waals surface area contributed by atoms with E-state index in [2.05, 4.69) is 47.7 Å². The third-order valence-corrected chi connectivity index (χ3v) is 5.14. The number of hydrazone groups is 1. The Morgan fingerprint density at radius 2 is 1.59 bits per heavy atom. The number of amides is 2. The number of hydrogen-bond acceptors (Lipinski definition) is 5. The quantitative estimate of drug-likeness (QED) is 0.165. The Balaban J connectivity index is 1.62. The maximum atomic E-state index is 11.9. The zero-order valence-corrected chi connectivity index (χ0v) is 18.7. The lowest BCUT2D eigenvalue weighted by atomic mass is 10.1. The van der Waals surface area contributed by atoms with Gasteiger partial charge >= 0.3 is 0 Å². The van der Waals surface area contributed by atoms with Crippen LogP contribution in [0.3, 0.4) is 0 Å². The Kier molecular flexibility index (Phi) is 9.14. The van der Waals surface area contributed by atoms with E-state index in [1.54, 1.807) is 30.3 Å². The van der Waals surface area contributed by atoms with Crippen molar-refractivity contribution >= 4 is 55.6 Å². The van der Waals surface area contributed by atoms with Crippen molar-refractivity contribution in [3.8, 4) is 11.5 Å². The van der Waals surface area contributed by atoms with Gasteiger partial charge < -0.3 is 15.5 Å². The van der Waals surface area contributed by atoms with Gasteiger partial charge in [0, 0.05) is 12.8 Å². The van der Waals surface area contributed by atoms with Crippen LogP contribution in [0.25, 0.3) is 0 Å². The SMILES string of the molecule is O=C(CCCCCC(=O)Nc1ccccc1O)N/N=C/c1cc(Br)c(O)c(Br)c1. The van der Waals surface area contributed by atoms with Gasteiger partial charge in [-0.1, -0.05) is 18.6 Å². The molecule has 2 aromatic carbocycles. The summed E-state index contributed by atoms with van der Waals surface area (Å²) < 4.78 is 1.04. The number of hydrogen-bond donors (Lipinski definition) is 4. The van der Waals surface area contributed by atoms with E-state index in [1.807, 2.05) is 0 Å². The summed E-state index contributed by atoms with van der Waals surface area (Å²) in [5.74, 6) is -0.255. The number of phenolic OH excluding ortho intramolecular Hbond substituents is 2. The Bertz CT molecular complexity index is 880. The van der Waals surface area contributed by atoms with E-state index in [9.17, 15) is 19.8 Å². The molecule has 0 atom stereocenters. The van der Waals surface area contributed by atoms with Crippen LogP contribution in [-0.4, -0.2) is 28.2 Å². The van der Waals surface area contributed by atoms with Crippen molar-refractivity contribution in [1.82, 2.24) is 5.43 Å². The minimum absolute atomic E-state index is 0.0325. The van der Waals surface area contributed by atoms with Crippen LogP contribution in [0.1, 0.15) is 37.7 Å². The number of benzene rings is 2. The molecule has 0 aliphatic rings. The molecule has 0 aliphatic carbocycles. The molecule has 0 saturated carbocycles. The molecule has 2 aromatic rings. The highest BCUT2D eigenvalue weighted by atomic mass is 79.9. The molecule has 0 aromatic heterocycles. The number of para-hydroxylation sites is 2. The molecule has 0 spiro atoms. The molecule has 2 amide bonds. The van der Waals surface area contributed by atoms with Gasteiger partial charge in [-0.3, -0.25) is 9.59 Å². The molecule has 9 heteroatoms. The summed E-state index contributed by atoms with van der Waals surface area (Å²) in [5.41, 5.74) is 3.55. The fraction of sp³-hybridized carbons (Fsp3) is 0.250. The van der Waals surface area contributed by atoms with Crippen molar-refractivity contribution in [3.05, 3.63) is 50.9 Å². The first kappa shape index (κ1) is 22.9. The maximum Gasteiger partial charge on any atom is 0.240 e. The van der Waals surface area contributed by atoms with Crippen molar-refractivity contribution in [2.24, 2.45) is 5.10 Å². The smallest absolute Gasteiger partial charge is 0.240 e. The molecule has 0 heterocycles. The van der Waals surface area contributed by atoms with Gasteiger partial charge in [-0.25, -0.2) is 5.43 Å².